The van der Waals surface area contributed by atoms with Gasteiger partial charge in [0.15, 0.2) is 5.11 Å². The molecule has 0 radical (unpaired) electrons. The number of aliphatic hydroxyl groups is 1. The van der Waals surface area contributed by atoms with Crippen LogP contribution in [0.15, 0.2) is 0 Å². The summed E-state index contributed by atoms with van der Waals surface area (Å²) in [7, 11) is 0. The molecular weight excluding hydrogens is 162 g/mol. The van der Waals surface area contributed by atoms with Gasteiger partial charge in [0.1, 0.15) is 0 Å². The molecule has 4 nitrogen and oxygen atoms in total. The molecule has 0 atom stereocenters. The Hall–Kier alpha value is -0.390. The fourth-order valence-electron chi connectivity index (χ4n) is 1.16. The van der Waals surface area contributed by atoms with Crippen molar-refractivity contribution in [3.05, 3.63) is 0 Å². The number of piperidine rings is 1. The van der Waals surface area contributed by atoms with Crippen LogP contribution in [0.4, 0.5) is 0 Å². The predicted octanol–water partition coefficient (Wildman–Crippen LogP) is -0.809. The molecule has 0 aromatic carbocycles. The lowest BCUT2D eigenvalue weighted by Crippen LogP contribution is -2.47. The minimum atomic E-state index is -0.160. The molecule has 1 saturated heterocycles. The van der Waals surface area contributed by atoms with Gasteiger partial charge in [-0.15, -0.1) is 0 Å². The van der Waals surface area contributed by atoms with Crippen molar-refractivity contribution in [1.29, 1.82) is 0 Å². The van der Waals surface area contributed by atoms with Gasteiger partial charge in [0.25, 0.3) is 0 Å². The van der Waals surface area contributed by atoms with E-state index in [0.29, 0.717) is 5.11 Å². The van der Waals surface area contributed by atoms with Gasteiger partial charge < -0.3 is 15.4 Å². The number of thiocarbonyl (C=S) groups is 1. The van der Waals surface area contributed by atoms with E-state index in [4.69, 9.17) is 23.2 Å². The number of likely N-dealkylation sites (tertiary alicyclic amines) is 1. The van der Waals surface area contributed by atoms with Crippen LogP contribution in [0.2, 0.25) is 0 Å². The number of nitrogens with two attached hydrogens (primary N) is 1. The first-order valence-corrected chi connectivity index (χ1v) is 4.08. The van der Waals surface area contributed by atoms with Crippen LogP contribution in [0.5, 0.6) is 0 Å². The number of rotatable bonds is 0. The third-order valence-electron chi connectivity index (χ3n) is 1.88. The number of hydrogen-bond acceptors (Lipinski definition) is 3. The van der Waals surface area contributed by atoms with Crippen LogP contribution in [0.3, 0.4) is 0 Å². The fourth-order valence-corrected chi connectivity index (χ4v) is 1.34. The highest BCUT2D eigenvalue weighted by Gasteiger charge is 2.17. The first-order chi connectivity index (χ1) is 5.24. The minimum Gasteiger partial charge on any atom is -0.393 e. The minimum absolute atomic E-state index is 0.160. The summed E-state index contributed by atoms with van der Waals surface area (Å²) in [5.41, 5.74) is 2.43. The monoisotopic (exact) mass is 175 g/mol. The smallest absolute Gasteiger partial charge is 0.183 e. The zero-order valence-corrected chi connectivity index (χ0v) is 7.10. The first kappa shape index (κ1) is 8.70. The van der Waals surface area contributed by atoms with Crippen molar-refractivity contribution in [2.24, 2.45) is 5.84 Å². The van der Waals surface area contributed by atoms with Crippen LogP contribution in [-0.4, -0.2) is 34.3 Å². The molecule has 0 aromatic heterocycles. The topological polar surface area (TPSA) is 61.5 Å². The van der Waals surface area contributed by atoms with Crippen LogP contribution < -0.4 is 11.3 Å². The molecule has 0 aromatic rings. The van der Waals surface area contributed by atoms with E-state index < -0.39 is 0 Å². The molecule has 64 valence electrons. The molecule has 1 aliphatic rings. The molecule has 4 N–H and O–H groups in total. The first-order valence-electron chi connectivity index (χ1n) is 3.67. The van der Waals surface area contributed by atoms with E-state index in [-0.39, 0.29) is 6.10 Å². The van der Waals surface area contributed by atoms with Crippen molar-refractivity contribution >= 4 is 17.3 Å². The van der Waals surface area contributed by atoms with Crippen LogP contribution in [0, 0.1) is 0 Å². The quantitative estimate of drug-likeness (QED) is 0.255. The van der Waals surface area contributed by atoms with Crippen molar-refractivity contribution in [3.63, 3.8) is 0 Å². The maximum atomic E-state index is 9.16. The van der Waals surface area contributed by atoms with Crippen LogP contribution in [0.1, 0.15) is 12.8 Å². The number of nitrogens with one attached hydrogen (secondary N) is 1. The van der Waals surface area contributed by atoms with E-state index >= 15 is 0 Å². The van der Waals surface area contributed by atoms with Crippen LogP contribution in [-0.2, 0) is 0 Å². The molecule has 1 rings (SSSR count). The van der Waals surface area contributed by atoms with E-state index in [2.05, 4.69) is 5.43 Å². The van der Waals surface area contributed by atoms with Gasteiger partial charge in [-0.2, -0.15) is 0 Å². The molecule has 1 heterocycles. The zero-order chi connectivity index (χ0) is 8.27. The molecule has 1 fully saturated rings. The molecule has 0 amide bonds. The van der Waals surface area contributed by atoms with Crippen LogP contribution >= 0.6 is 12.2 Å². The molecule has 1 aliphatic heterocycles. The Labute approximate surface area is 71.3 Å². The van der Waals surface area contributed by atoms with Gasteiger partial charge in [-0.05, 0) is 25.1 Å². The van der Waals surface area contributed by atoms with Gasteiger partial charge in [-0.25, -0.2) is 5.84 Å². The summed E-state index contributed by atoms with van der Waals surface area (Å²) in [6.07, 6.45) is 1.40. The zero-order valence-electron chi connectivity index (χ0n) is 6.29. The number of aliphatic hydroxyl groups excluding tert-OH is 1. The molecule has 0 saturated carbocycles. The third kappa shape index (κ3) is 2.28. The fraction of sp³-hybridized carbons (Fsp3) is 0.833. The van der Waals surface area contributed by atoms with E-state index in [1.54, 1.807) is 0 Å². The summed E-state index contributed by atoms with van der Waals surface area (Å²) in [4.78, 5) is 1.96. The molecule has 11 heavy (non-hydrogen) atoms. The Bertz CT molecular complexity index is 145. The average Bonchev–Trinajstić information content (AvgIpc) is 2.05. The highest BCUT2D eigenvalue weighted by Crippen LogP contribution is 2.09. The van der Waals surface area contributed by atoms with E-state index in [9.17, 15) is 0 Å². The molecule has 0 unspecified atom stereocenters. The second kappa shape index (κ2) is 3.85. The molecule has 0 bridgehead atoms. The Kier molecular flexibility index (Phi) is 3.04. The molecule has 0 aliphatic carbocycles. The summed E-state index contributed by atoms with van der Waals surface area (Å²) >= 11 is 4.92. The van der Waals surface area contributed by atoms with Crippen molar-refractivity contribution in [1.82, 2.24) is 10.3 Å². The SMILES string of the molecule is NNC(=S)N1CCC(O)CC1. The second-order valence-corrected chi connectivity index (χ2v) is 3.05. The number of hydrogen-bond donors (Lipinski definition) is 3. The van der Waals surface area contributed by atoms with Gasteiger partial charge in [0.2, 0.25) is 0 Å². The largest absolute Gasteiger partial charge is 0.393 e. The lowest BCUT2D eigenvalue weighted by molar-refractivity contribution is 0.109. The Morgan fingerprint density at radius 2 is 2.09 bits per heavy atom. The van der Waals surface area contributed by atoms with Gasteiger partial charge >= 0.3 is 0 Å². The summed E-state index contributed by atoms with van der Waals surface area (Å²) < 4.78 is 0. The van der Waals surface area contributed by atoms with Crippen molar-refractivity contribution in [2.45, 2.75) is 18.9 Å². The summed E-state index contributed by atoms with van der Waals surface area (Å²) in [5, 5.41) is 9.73. The Morgan fingerprint density at radius 1 is 1.55 bits per heavy atom. The predicted molar refractivity (Wildman–Crippen MR) is 46.7 cm³/mol. The summed E-state index contributed by atoms with van der Waals surface area (Å²) in [6.45, 7) is 1.59. The Morgan fingerprint density at radius 3 is 2.55 bits per heavy atom. The second-order valence-electron chi connectivity index (χ2n) is 2.67. The molecule has 5 heteroatoms. The summed E-state index contributed by atoms with van der Waals surface area (Å²) in [6, 6.07) is 0. The number of nitrogens with zero attached hydrogens (tertiary/aromatic N) is 1. The van der Waals surface area contributed by atoms with E-state index in [0.717, 1.165) is 25.9 Å². The summed E-state index contributed by atoms with van der Waals surface area (Å²) in [5.74, 6) is 5.14. The maximum Gasteiger partial charge on any atom is 0.183 e. The van der Waals surface area contributed by atoms with E-state index in [1.165, 1.54) is 0 Å². The number of hydrazine groups is 1. The normalized spacial score (nSPS) is 20.0. The standard InChI is InChI=1S/C6H13N3OS/c7-8-6(11)9-3-1-5(10)2-4-9/h5,10H,1-4,7H2,(H,8,11). The lowest BCUT2D eigenvalue weighted by Gasteiger charge is -2.30. The van der Waals surface area contributed by atoms with Gasteiger partial charge in [-0.3, -0.25) is 0 Å². The highest BCUT2D eigenvalue weighted by atomic mass is 32.1. The van der Waals surface area contributed by atoms with Gasteiger partial charge in [-0.1, -0.05) is 0 Å². The lowest BCUT2D eigenvalue weighted by atomic mass is 10.1. The van der Waals surface area contributed by atoms with Crippen molar-refractivity contribution in [2.75, 3.05) is 13.1 Å². The Balaban J connectivity index is 2.33. The van der Waals surface area contributed by atoms with E-state index in [1.807, 2.05) is 4.90 Å². The third-order valence-corrected chi connectivity index (χ3v) is 2.25. The van der Waals surface area contributed by atoms with Crippen molar-refractivity contribution < 1.29 is 5.11 Å². The maximum absolute atomic E-state index is 9.16. The average molecular weight is 175 g/mol. The molecule has 0 spiro atoms. The molecular formula is C6H13N3OS. The van der Waals surface area contributed by atoms with Gasteiger partial charge in [0, 0.05) is 13.1 Å². The van der Waals surface area contributed by atoms with Crippen molar-refractivity contribution in [3.8, 4) is 0 Å². The van der Waals surface area contributed by atoms with Crippen LogP contribution in [0.25, 0.3) is 0 Å². The van der Waals surface area contributed by atoms with Gasteiger partial charge in [0.05, 0.1) is 6.10 Å². The highest BCUT2D eigenvalue weighted by molar-refractivity contribution is 7.80.